The normalized spacial score (nSPS) is 8.09. The molecule has 0 unspecified atom stereocenters. The van der Waals surface area contributed by atoms with Gasteiger partial charge in [0.15, 0.2) is 6.26 Å². The molecule has 0 radical (unpaired) electrons. The number of hydrogen-bond donors (Lipinski definition) is 1. The van der Waals surface area contributed by atoms with E-state index in [1.54, 1.807) is 6.08 Å². The van der Waals surface area contributed by atoms with Crippen molar-refractivity contribution in [3.05, 3.63) is 47.9 Å². The van der Waals surface area contributed by atoms with E-state index in [2.05, 4.69) is 10.6 Å². The van der Waals surface area contributed by atoms with Crippen molar-refractivity contribution in [1.29, 1.82) is 0 Å². The van der Waals surface area contributed by atoms with E-state index in [1.807, 2.05) is 30.3 Å². The number of hydrogen-bond acceptors (Lipinski definition) is 2. The second kappa shape index (κ2) is 4.34. The van der Waals surface area contributed by atoms with Crippen LogP contribution in [-0.2, 0) is 4.89 Å². The largest absolute Gasteiger partial charge is 0.340 e. The minimum Gasteiger partial charge on any atom is -0.340 e. The van der Waals surface area contributed by atoms with Crippen molar-refractivity contribution >= 4 is 6.08 Å². The van der Waals surface area contributed by atoms with Crippen LogP contribution in [0.25, 0.3) is 6.08 Å². The fourth-order valence-corrected chi connectivity index (χ4v) is 0.710. The quantitative estimate of drug-likeness (QED) is 0.302. The molecular weight excluding hydrogens is 140 g/mol. The average Bonchev–Trinajstić information content (AvgIpc) is 2.07. The zero-order chi connectivity index (χ0) is 7.94. The van der Waals surface area contributed by atoms with E-state index in [9.17, 15) is 0 Å². The molecule has 0 spiro atoms. The van der Waals surface area contributed by atoms with E-state index in [-0.39, 0.29) is 0 Å². The summed E-state index contributed by atoms with van der Waals surface area (Å²) in [5.41, 5.74) is 3.64. The van der Waals surface area contributed by atoms with Gasteiger partial charge < -0.3 is 4.89 Å². The highest BCUT2D eigenvalue weighted by molar-refractivity contribution is 5.47. The van der Waals surface area contributed by atoms with Gasteiger partial charge >= 0.3 is 0 Å². The van der Waals surface area contributed by atoms with E-state index < -0.39 is 0 Å². The predicted molar refractivity (Wildman–Crippen MR) is 42.7 cm³/mol. The molecule has 2 nitrogen and oxygen atoms in total. The monoisotopic (exact) mass is 148 g/mol. The molecule has 2 heteroatoms. The van der Waals surface area contributed by atoms with Gasteiger partial charge in [-0.05, 0) is 11.6 Å². The summed E-state index contributed by atoms with van der Waals surface area (Å²) in [4.78, 5) is 3.70. The van der Waals surface area contributed by atoms with Crippen molar-refractivity contribution in [1.82, 2.24) is 0 Å². The average molecular weight is 148 g/mol. The topological polar surface area (TPSA) is 29.5 Å². The lowest BCUT2D eigenvalue weighted by Gasteiger charge is -1.85. The number of rotatable bonds is 2. The van der Waals surface area contributed by atoms with Crippen molar-refractivity contribution in [2.75, 3.05) is 0 Å². The van der Waals surface area contributed by atoms with Crippen LogP contribution in [-0.4, -0.2) is 5.26 Å². The third kappa shape index (κ3) is 2.72. The first-order valence-electron chi connectivity index (χ1n) is 3.19. The van der Waals surface area contributed by atoms with Crippen molar-refractivity contribution in [2.24, 2.45) is 0 Å². The molecule has 1 aromatic rings. The van der Waals surface area contributed by atoms with Gasteiger partial charge in [0.2, 0.25) is 0 Å². The Morgan fingerprint density at radius 2 is 2.00 bits per heavy atom. The molecule has 1 N–H and O–H groups in total. The third-order valence-electron chi connectivity index (χ3n) is 1.17. The molecule has 0 aromatic heterocycles. The standard InChI is InChI=1S/C9H8O2/c10-11-8-4-7-9-5-2-1-3-6-9/h1-3,5-8,10H. The molecule has 0 saturated carbocycles. The first-order chi connectivity index (χ1) is 5.43. The first kappa shape index (κ1) is 7.61. The third-order valence-corrected chi connectivity index (χ3v) is 1.17. The summed E-state index contributed by atoms with van der Waals surface area (Å²) in [6, 6.07) is 9.64. The predicted octanol–water partition coefficient (Wildman–Crippen LogP) is 2.30. The van der Waals surface area contributed by atoms with Crippen LogP contribution in [0.5, 0.6) is 0 Å². The fraction of sp³-hybridized carbons (Fsp3) is 0. The zero-order valence-electron chi connectivity index (χ0n) is 5.90. The maximum absolute atomic E-state index is 7.91. The Kier molecular flexibility index (Phi) is 3.00. The van der Waals surface area contributed by atoms with Gasteiger partial charge in [0.25, 0.3) is 0 Å². The van der Waals surface area contributed by atoms with Crippen LogP contribution in [0, 0.1) is 0 Å². The Morgan fingerprint density at radius 1 is 1.27 bits per heavy atom. The molecule has 0 bridgehead atoms. The molecule has 0 aliphatic heterocycles. The smallest absolute Gasteiger partial charge is 0.171 e. The van der Waals surface area contributed by atoms with Crippen LogP contribution in [0.2, 0.25) is 0 Å². The summed E-state index contributed by atoms with van der Waals surface area (Å²) in [6.45, 7) is 0. The SMILES string of the molecule is OOC=C=Cc1ccccc1. The number of benzene rings is 1. The second-order valence-corrected chi connectivity index (χ2v) is 1.94. The molecule has 56 valence electrons. The molecule has 1 aromatic carbocycles. The highest BCUT2D eigenvalue weighted by Crippen LogP contribution is 1.98. The summed E-state index contributed by atoms with van der Waals surface area (Å²) < 4.78 is 0. The van der Waals surface area contributed by atoms with Crippen LogP contribution < -0.4 is 0 Å². The van der Waals surface area contributed by atoms with E-state index in [1.165, 1.54) is 0 Å². The second-order valence-electron chi connectivity index (χ2n) is 1.94. The van der Waals surface area contributed by atoms with E-state index in [0.29, 0.717) is 0 Å². The van der Waals surface area contributed by atoms with Gasteiger partial charge in [0.1, 0.15) is 0 Å². The summed E-state index contributed by atoms with van der Waals surface area (Å²) >= 11 is 0. The Bertz CT molecular complexity index is 258. The van der Waals surface area contributed by atoms with Gasteiger partial charge in [0.05, 0.1) is 0 Å². The van der Waals surface area contributed by atoms with Crippen LogP contribution >= 0.6 is 0 Å². The Labute approximate surface area is 65.0 Å². The van der Waals surface area contributed by atoms with Gasteiger partial charge in [-0.15, -0.1) is 0 Å². The van der Waals surface area contributed by atoms with Crippen LogP contribution in [0.4, 0.5) is 0 Å². The van der Waals surface area contributed by atoms with Gasteiger partial charge in [-0.2, -0.15) is 0 Å². The molecule has 0 aliphatic rings. The molecule has 0 amide bonds. The minimum absolute atomic E-state index is 1.01. The highest BCUT2D eigenvalue weighted by Gasteiger charge is 1.78. The van der Waals surface area contributed by atoms with Crippen LogP contribution in [0.3, 0.4) is 0 Å². The molecule has 0 saturated heterocycles. The van der Waals surface area contributed by atoms with Gasteiger partial charge in [-0.1, -0.05) is 36.1 Å². The lowest BCUT2D eigenvalue weighted by molar-refractivity contribution is -0.186. The molecule has 1 rings (SSSR count). The van der Waals surface area contributed by atoms with E-state index in [0.717, 1.165) is 11.8 Å². The van der Waals surface area contributed by atoms with Crippen LogP contribution in [0.15, 0.2) is 42.3 Å². The maximum atomic E-state index is 7.91. The van der Waals surface area contributed by atoms with E-state index >= 15 is 0 Å². The lowest BCUT2D eigenvalue weighted by atomic mass is 10.2. The minimum atomic E-state index is 1.01. The van der Waals surface area contributed by atoms with Crippen molar-refractivity contribution in [3.63, 3.8) is 0 Å². The molecular formula is C9H8O2. The Balaban J connectivity index is 2.72. The van der Waals surface area contributed by atoms with Crippen molar-refractivity contribution in [2.45, 2.75) is 0 Å². The molecule has 0 fully saturated rings. The molecule has 11 heavy (non-hydrogen) atoms. The van der Waals surface area contributed by atoms with E-state index in [4.69, 9.17) is 5.26 Å². The molecule has 0 atom stereocenters. The first-order valence-corrected chi connectivity index (χ1v) is 3.19. The van der Waals surface area contributed by atoms with Gasteiger partial charge in [-0.25, -0.2) is 5.26 Å². The summed E-state index contributed by atoms with van der Waals surface area (Å²) in [6.07, 6.45) is 2.78. The summed E-state index contributed by atoms with van der Waals surface area (Å²) in [7, 11) is 0. The van der Waals surface area contributed by atoms with Gasteiger partial charge in [0, 0.05) is 0 Å². The Hall–Kier alpha value is -1.50. The van der Waals surface area contributed by atoms with Crippen molar-refractivity contribution < 1.29 is 10.1 Å². The molecule has 0 aliphatic carbocycles. The highest BCUT2D eigenvalue weighted by atomic mass is 17.1. The zero-order valence-corrected chi connectivity index (χ0v) is 5.90. The Morgan fingerprint density at radius 3 is 2.64 bits per heavy atom. The summed E-state index contributed by atoms with van der Waals surface area (Å²) in [5.74, 6) is 0. The van der Waals surface area contributed by atoms with Crippen LogP contribution in [0.1, 0.15) is 5.56 Å². The lowest BCUT2D eigenvalue weighted by Crippen LogP contribution is -1.66. The fourth-order valence-electron chi connectivity index (χ4n) is 0.710. The van der Waals surface area contributed by atoms with Gasteiger partial charge in [-0.3, -0.25) is 0 Å². The summed E-state index contributed by atoms with van der Waals surface area (Å²) in [5, 5.41) is 7.91. The molecule has 0 heterocycles. The van der Waals surface area contributed by atoms with Crippen molar-refractivity contribution in [3.8, 4) is 0 Å². The maximum Gasteiger partial charge on any atom is 0.171 e.